The number of fused-ring (bicyclic) bond motifs is 1. The van der Waals surface area contributed by atoms with Crippen LogP contribution < -0.4 is 15.7 Å². The Morgan fingerprint density at radius 2 is 2.28 bits per heavy atom. The van der Waals surface area contributed by atoms with Crippen molar-refractivity contribution >= 4 is 30.6 Å². The Balaban J connectivity index is 1.62. The third kappa shape index (κ3) is 4.01. The zero-order chi connectivity index (χ0) is 20.5. The van der Waals surface area contributed by atoms with Gasteiger partial charge in [0.2, 0.25) is 0 Å². The van der Waals surface area contributed by atoms with Crippen molar-refractivity contribution in [3.05, 3.63) is 41.0 Å². The van der Waals surface area contributed by atoms with Crippen LogP contribution in [0.1, 0.15) is 48.7 Å². The average Bonchev–Trinajstić information content (AvgIpc) is 3.12. The van der Waals surface area contributed by atoms with Crippen molar-refractivity contribution < 1.29 is 19.2 Å². The Labute approximate surface area is 169 Å². The number of carbonyl (C=O) groups is 1. The minimum Gasteiger partial charge on any atom is -0.532 e. The molecule has 29 heavy (non-hydrogen) atoms. The van der Waals surface area contributed by atoms with E-state index in [1.165, 1.54) is 0 Å². The van der Waals surface area contributed by atoms with E-state index in [2.05, 4.69) is 10.4 Å². The smallest absolute Gasteiger partial charge is 0.532 e. The molecule has 9 heteroatoms. The van der Waals surface area contributed by atoms with E-state index in [-0.39, 0.29) is 12.0 Å². The van der Waals surface area contributed by atoms with Gasteiger partial charge >= 0.3 is 7.12 Å². The van der Waals surface area contributed by atoms with Crippen LogP contribution in [0.4, 0.5) is 11.5 Å². The fourth-order valence-corrected chi connectivity index (χ4v) is 3.66. The molecular weight excluding hydrogens is 371 g/mol. The van der Waals surface area contributed by atoms with Crippen LogP contribution in [-0.4, -0.2) is 41.0 Å². The van der Waals surface area contributed by atoms with Crippen molar-refractivity contribution in [1.29, 1.82) is 0 Å². The van der Waals surface area contributed by atoms with Crippen LogP contribution in [0, 0.1) is 5.92 Å². The molecule has 0 saturated carbocycles. The van der Waals surface area contributed by atoms with E-state index < -0.39 is 13.0 Å². The number of nitrogens with two attached hydrogens (primary N) is 1. The molecule has 1 aromatic carbocycles. The van der Waals surface area contributed by atoms with Gasteiger partial charge in [-0.2, -0.15) is 5.10 Å². The summed E-state index contributed by atoms with van der Waals surface area (Å²) in [6.07, 6.45) is 5.52. The van der Waals surface area contributed by atoms with Gasteiger partial charge in [0.05, 0.1) is 12.6 Å². The number of amides is 1. The largest absolute Gasteiger partial charge is 0.556 e. The van der Waals surface area contributed by atoms with Gasteiger partial charge in [-0.05, 0) is 42.4 Å². The SMILES string of the molecule is CC(C)C1=Cc2cc(Nc3nn([C@@H]4CCCOC4)cc3C(N)=O)ccc2OB1O. The fourth-order valence-electron chi connectivity index (χ4n) is 3.66. The van der Waals surface area contributed by atoms with Crippen molar-refractivity contribution in [3.8, 4) is 5.75 Å². The second-order valence-electron chi connectivity index (χ2n) is 7.75. The molecule has 1 amide bonds. The third-order valence-electron chi connectivity index (χ3n) is 5.29. The highest BCUT2D eigenvalue weighted by Gasteiger charge is 2.29. The van der Waals surface area contributed by atoms with Crippen LogP contribution in [0.5, 0.6) is 5.75 Å². The summed E-state index contributed by atoms with van der Waals surface area (Å²) in [5, 5.41) is 17.9. The van der Waals surface area contributed by atoms with Gasteiger partial charge in [-0.15, -0.1) is 0 Å². The number of anilines is 2. The second-order valence-corrected chi connectivity index (χ2v) is 7.75. The van der Waals surface area contributed by atoms with E-state index in [1.54, 1.807) is 16.9 Å². The molecule has 0 spiro atoms. The zero-order valence-electron chi connectivity index (χ0n) is 16.6. The van der Waals surface area contributed by atoms with Crippen molar-refractivity contribution in [2.75, 3.05) is 18.5 Å². The molecule has 1 saturated heterocycles. The van der Waals surface area contributed by atoms with Crippen LogP contribution in [0.3, 0.4) is 0 Å². The minimum atomic E-state index is -0.934. The van der Waals surface area contributed by atoms with Gasteiger partial charge in [0.15, 0.2) is 5.82 Å². The van der Waals surface area contributed by atoms with Gasteiger partial charge in [0, 0.05) is 24.1 Å². The monoisotopic (exact) mass is 396 g/mol. The van der Waals surface area contributed by atoms with Crippen LogP contribution in [-0.2, 0) is 4.74 Å². The standard InChI is InChI=1S/C20H25BN4O4/c1-12(2)17-9-13-8-14(5-6-18(13)29-21(17)27)23-20-16(19(22)26)10-25(24-20)15-4-3-7-28-11-15/h5-6,8-10,12,15,27H,3-4,7,11H2,1-2H3,(H2,22,26)(H,23,24)/t15-/m1/s1. The quantitative estimate of drug-likeness (QED) is 0.670. The zero-order valence-corrected chi connectivity index (χ0v) is 16.6. The molecule has 4 rings (SSSR count). The molecule has 0 aliphatic carbocycles. The predicted molar refractivity (Wildman–Crippen MR) is 111 cm³/mol. The van der Waals surface area contributed by atoms with E-state index in [4.69, 9.17) is 15.1 Å². The molecule has 1 fully saturated rings. The maximum Gasteiger partial charge on any atom is 0.556 e. The van der Waals surface area contributed by atoms with Crippen LogP contribution in [0.25, 0.3) is 6.08 Å². The number of nitrogens with zero attached hydrogens (tertiary/aromatic N) is 2. The maximum atomic E-state index is 11.9. The number of hydrogen-bond donors (Lipinski definition) is 3. The fraction of sp³-hybridized carbons (Fsp3) is 0.400. The summed E-state index contributed by atoms with van der Waals surface area (Å²) >= 11 is 0. The summed E-state index contributed by atoms with van der Waals surface area (Å²) in [6.45, 7) is 5.34. The van der Waals surface area contributed by atoms with E-state index >= 15 is 0 Å². The first-order valence-corrected chi connectivity index (χ1v) is 9.86. The number of hydrogen-bond acceptors (Lipinski definition) is 6. The summed E-state index contributed by atoms with van der Waals surface area (Å²) in [4.78, 5) is 11.9. The molecule has 0 radical (unpaired) electrons. The van der Waals surface area contributed by atoms with Crippen molar-refractivity contribution in [2.24, 2.45) is 11.7 Å². The Morgan fingerprint density at radius 1 is 1.45 bits per heavy atom. The minimum absolute atomic E-state index is 0.0901. The first-order valence-electron chi connectivity index (χ1n) is 9.86. The Bertz CT molecular complexity index is 950. The summed E-state index contributed by atoms with van der Waals surface area (Å²) in [5.74, 6) is 0.631. The van der Waals surface area contributed by atoms with E-state index in [0.29, 0.717) is 23.7 Å². The number of aromatic nitrogens is 2. The Morgan fingerprint density at radius 3 is 2.97 bits per heavy atom. The lowest BCUT2D eigenvalue weighted by Gasteiger charge is -2.23. The lowest BCUT2D eigenvalue weighted by Crippen LogP contribution is -2.30. The normalized spacial score (nSPS) is 18.8. The third-order valence-corrected chi connectivity index (χ3v) is 5.29. The van der Waals surface area contributed by atoms with Crippen LogP contribution in [0.15, 0.2) is 29.9 Å². The second kappa shape index (κ2) is 7.92. The van der Waals surface area contributed by atoms with Gasteiger partial charge in [-0.25, -0.2) is 0 Å². The number of primary amides is 1. The molecule has 152 valence electrons. The van der Waals surface area contributed by atoms with Crippen molar-refractivity contribution in [3.63, 3.8) is 0 Å². The molecular formula is C20H25BN4O4. The Kier molecular flexibility index (Phi) is 5.34. The summed E-state index contributed by atoms with van der Waals surface area (Å²) in [5.41, 5.74) is 8.31. The molecule has 0 unspecified atom stereocenters. The molecule has 0 bridgehead atoms. The molecule has 1 aromatic heterocycles. The molecule has 2 aliphatic heterocycles. The first-order chi connectivity index (χ1) is 13.9. The summed E-state index contributed by atoms with van der Waals surface area (Å²) in [6, 6.07) is 5.58. The van der Waals surface area contributed by atoms with Gasteiger partial charge in [-0.1, -0.05) is 19.9 Å². The number of rotatable bonds is 5. The van der Waals surface area contributed by atoms with Crippen LogP contribution in [0.2, 0.25) is 0 Å². The van der Waals surface area contributed by atoms with Gasteiger partial charge in [-0.3, -0.25) is 9.48 Å². The molecule has 8 nitrogen and oxygen atoms in total. The number of benzene rings is 1. The summed E-state index contributed by atoms with van der Waals surface area (Å²) < 4.78 is 12.9. The lowest BCUT2D eigenvalue weighted by molar-refractivity contribution is 0.0550. The number of carbonyl (C=O) groups excluding carboxylic acids is 1. The van der Waals surface area contributed by atoms with E-state index in [9.17, 15) is 9.82 Å². The van der Waals surface area contributed by atoms with Crippen LogP contribution >= 0.6 is 0 Å². The lowest BCUT2D eigenvalue weighted by atomic mass is 9.70. The first kappa shape index (κ1) is 19.5. The van der Waals surface area contributed by atoms with Crippen molar-refractivity contribution in [2.45, 2.75) is 32.7 Å². The maximum absolute atomic E-state index is 11.9. The van der Waals surface area contributed by atoms with Gasteiger partial charge in [0.25, 0.3) is 5.91 Å². The molecule has 3 heterocycles. The van der Waals surface area contributed by atoms with E-state index in [0.717, 1.165) is 36.2 Å². The summed E-state index contributed by atoms with van der Waals surface area (Å²) in [7, 11) is -0.934. The number of ether oxygens (including phenoxy) is 1. The molecule has 2 aliphatic rings. The molecule has 2 aromatic rings. The predicted octanol–water partition coefficient (Wildman–Crippen LogP) is 2.53. The number of nitrogens with one attached hydrogen (secondary N) is 1. The highest BCUT2D eigenvalue weighted by Crippen LogP contribution is 2.33. The van der Waals surface area contributed by atoms with Gasteiger partial charge < -0.3 is 25.5 Å². The topological polar surface area (TPSA) is 112 Å². The van der Waals surface area contributed by atoms with Crippen molar-refractivity contribution in [1.82, 2.24) is 9.78 Å². The number of allylic oxidation sites excluding steroid dienone is 1. The highest BCUT2D eigenvalue weighted by molar-refractivity contribution is 6.55. The van der Waals surface area contributed by atoms with E-state index in [1.807, 2.05) is 32.1 Å². The molecule has 4 N–H and O–H groups in total. The Hall–Kier alpha value is -2.78. The van der Waals surface area contributed by atoms with Gasteiger partial charge in [0.1, 0.15) is 11.3 Å². The highest BCUT2D eigenvalue weighted by atomic mass is 16.5. The average molecular weight is 396 g/mol. The molecule has 1 atom stereocenters.